The summed E-state index contributed by atoms with van der Waals surface area (Å²) in [6, 6.07) is 47.3. The van der Waals surface area contributed by atoms with Crippen molar-refractivity contribution in [3.8, 4) is 0 Å². The lowest BCUT2D eigenvalue weighted by atomic mass is 9.80. The molecule has 7 aromatic rings. The Labute approximate surface area is 363 Å². The van der Waals surface area contributed by atoms with E-state index in [9.17, 15) is 17.2 Å². The molecular formula is C47H41BF2N4O4S3. The quantitative estimate of drug-likeness (QED) is 0.0610. The summed E-state index contributed by atoms with van der Waals surface area (Å²) < 4.78 is 50.1. The van der Waals surface area contributed by atoms with Crippen LogP contribution in [0.4, 0.5) is 31.5 Å². The van der Waals surface area contributed by atoms with E-state index in [0.717, 1.165) is 44.3 Å². The summed E-state index contributed by atoms with van der Waals surface area (Å²) in [6.45, 7) is 5.84. The smallest absolute Gasteiger partial charge is 0.423 e. The van der Waals surface area contributed by atoms with Crippen molar-refractivity contribution in [1.29, 1.82) is 0 Å². The zero-order valence-electron chi connectivity index (χ0n) is 33.3. The number of halogens is 2. The third-order valence-electron chi connectivity index (χ3n) is 9.86. The van der Waals surface area contributed by atoms with E-state index in [1.807, 2.05) is 61.5 Å². The number of para-hydroxylation sites is 2. The minimum absolute atomic E-state index is 0.190. The molecule has 0 fully saturated rings. The van der Waals surface area contributed by atoms with Crippen LogP contribution < -0.4 is 20.9 Å². The molecule has 0 saturated heterocycles. The number of rotatable bonds is 7. The van der Waals surface area contributed by atoms with Crippen molar-refractivity contribution < 1.29 is 27.2 Å². The van der Waals surface area contributed by atoms with Crippen LogP contribution in [0.25, 0.3) is 0 Å². The van der Waals surface area contributed by atoms with Crippen LogP contribution in [0, 0.1) is 18.6 Å². The van der Waals surface area contributed by atoms with Gasteiger partial charge in [-0.1, -0.05) is 109 Å². The number of nitrogens with zero attached hydrogens (tertiary/aromatic N) is 1. The summed E-state index contributed by atoms with van der Waals surface area (Å²) in [7, 11) is -5.21. The molecule has 5 N–H and O–H groups in total. The molecule has 0 aromatic heterocycles. The van der Waals surface area contributed by atoms with E-state index in [0.29, 0.717) is 11.2 Å². The molecular weight excluding hydrogens is 830 g/mol. The highest BCUT2D eigenvalue weighted by Crippen LogP contribution is 2.46. The molecule has 2 aliphatic rings. The van der Waals surface area contributed by atoms with E-state index in [4.69, 9.17) is 10.0 Å². The van der Waals surface area contributed by atoms with Gasteiger partial charge in [0.25, 0.3) is 10.0 Å². The van der Waals surface area contributed by atoms with Crippen LogP contribution in [0.1, 0.15) is 42.0 Å². The standard InChI is InChI=1S/C21H19N3O2S2.C20H16FNS.C6H6BFO2/c1-14-7-10-17(11-8-14)28(25,26)24-23-15(2)16-9-12-21-19(13-16)22-18-5-3-4-6-20(18)27-21;1-13(14-6-9-16(21)10-7-14)15-8-11-20-18(12-15)22-17-4-2-3-5-19(17)23-20;8-6-3-1-5(2-4-6)7(9)10/h3-13,22,24H,1-2H3;2-13,22H,1H3;1-4,9-10H/b23-15+;;. The maximum Gasteiger partial charge on any atom is 0.488 e. The Morgan fingerprint density at radius 3 is 1.70 bits per heavy atom. The summed E-state index contributed by atoms with van der Waals surface area (Å²) in [5.41, 5.74) is 9.40. The molecule has 9 rings (SSSR count). The predicted octanol–water partition coefficient (Wildman–Crippen LogP) is 10.6. The molecule has 0 amide bonds. The van der Waals surface area contributed by atoms with E-state index in [-0.39, 0.29) is 22.4 Å². The molecule has 14 heteroatoms. The number of sulfonamides is 1. The van der Waals surface area contributed by atoms with Gasteiger partial charge in [0, 0.05) is 25.5 Å². The van der Waals surface area contributed by atoms with Gasteiger partial charge in [0.05, 0.1) is 33.4 Å². The molecule has 0 radical (unpaired) electrons. The van der Waals surface area contributed by atoms with Gasteiger partial charge in [0.1, 0.15) is 11.6 Å². The second-order valence-electron chi connectivity index (χ2n) is 14.2. The summed E-state index contributed by atoms with van der Waals surface area (Å²) >= 11 is 3.49. The SMILES string of the molecule is C/C(=N\NS(=O)(=O)c1ccc(C)cc1)c1ccc2c(c1)Nc1ccccc1S2.CC(c1ccc(F)cc1)c1ccc2c(c1)Nc1ccccc1S2.OB(O)c1ccc(F)cc1. The van der Waals surface area contributed by atoms with E-state index in [1.54, 1.807) is 54.7 Å². The zero-order chi connectivity index (χ0) is 43.1. The molecule has 0 spiro atoms. The highest BCUT2D eigenvalue weighted by molar-refractivity contribution is 8.00. The first-order valence-corrected chi connectivity index (χ1v) is 22.3. The molecule has 7 aromatic carbocycles. The van der Waals surface area contributed by atoms with Crippen LogP contribution in [0.15, 0.2) is 187 Å². The molecule has 0 saturated carbocycles. The van der Waals surface area contributed by atoms with Crippen LogP contribution in [0.5, 0.6) is 0 Å². The Morgan fingerprint density at radius 1 is 0.639 bits per heavy atom. The summed E-state index contributed by atoms with van der Waals surface area (Å²) in [4.78, 5) is 7.30. The fourth-order valence-corrected chi connectivity index (χ4v) is 9.13. The Hall–Kier alpha value is -5.90. The average Bonchev–Trinajstić information content (AvgIpc) is 3.27. The minimum atomic E-state index is -3.69. The van der Waals surface area contributed by atoms with Gasteiger partial charge in [0.15, 0.2) is 0 Å². The topological polar surface area (TPSA) is 123 Å². The van der Waals surface area contributed by atoms with Crippen LogP contribution in [0.3, 0.4) is 0 Å². The van der Waals surface area contributed by atoms with Crippen molar-refractivity contribution in [2.45, 2.75) is 51.2 Å². The molecule has 0 aliphatic carbocycles. The van der Waals surface area contributed by atoms with Gasteiger partial charge < -0.3 is 20.7 Å². The van der Waals surface area contributed by atoms with Crippen molar-refractivity contribution in [3.63, 3.8) is 0 Å². The largest absolute Gasteiger partial charge is 0.488 e. The van der Waals surface area contributed by atoms with Gasteiger partial charge in [-0.15, -0.1) is 0 Å². The van der Waals surface area contributed by atoms with E-state index in [1.165, 1.54) is 56.6 Å². The van der Waals surface area contributed by atoms with Crippen molar-refractivity contribution >= 4 is 74.6 Å². The highest BCUT2D eigenvalue weighted by atomic mass is 32.2. The first-order valence-electron chi connectivity index (χ1n) is 19.2. The third-order valence-corrected chi connectivity index (χ3v) is 13.4. The summed E-state index contributed by atoms with van der Waals surface area (Å²) in [6.07, 6.45) is 0. The number of nitrogens with one attached hydrogen (secondary N) is 3. The van der Waals surface area contributed by atoms with Crippen molar-refractivity contribution in [2.75, 3.05) is 10.6 Å². The van der Waals surface area contributed by atoms with Crippen LogP contribution in [0.2, 0.25) is 0 Å². The summed E-state index contributed by atoms with van der Waals surface area (Å²) in [5.74, 6) is -0.352. The van der Waals surface area contributed by atoms with Crippen LogP contribution in [-0.2, 0) is 10.0 Å². The second kappa shape index (κ2) is 19.2. The molecule has 0 bridgehead atoms. The van der Waals surface area contributed by atoms with Crippen molar-refractivity contribution in [3.05, 3.63) is 192 Å². The maximum atomic E-state index is 13.1. The normalized spacial score (nSPS) is 12.8. The van der Waals surface area contributed by atoms with E-state index >= 15 is 0 Å². The fourth-order valence-electron chi connectivity index (χ4n) is 6.33. The molecule has 1 atom stereocenters. The van der Waals surface area contributed by atoms with Gasteiger partial charge in [-0.3, -0.25) is 0 Å². The number of hydrogen-bond donors (Lipinski definition) is 5. The van der Waals surface area contributed by atoms with Gasteiger partial charge in [-0.2, -0.15) is 18.4 Å². The van der Waals surface area contributed by atoms with E-state index in [2.05, 4.69) is 70.0 Å². The first kappa shape index (κ1) is 43.2. The number of aryl methyl sites for hydroxylation is 1. The molecule has 308 valence electrons. The van der Waals surface area contributed by atoms with Gasteiger partial charge in [-0.25, -0.2) is 8.78 Å². The van der Waals surface area contributed by atoms with Gasteiger partial charge in [-0.05, 0) is 121 Å². The molecule has 2 aliphatic heterocycles. The lowest BCUT2D eigenvalue weighted by Crippen LogP contribution is -2.29. The number of anilines is 4. The number of benzene rings is 7. The molecule has 1 unspecified atom stereocenters. The summed E-state index contributed by atoms with van der Waals surface area (Å²) in [5, 5.41) is 28.1. The molecule has 2 heterocycles. The number of hydrazone groups is 1. The number of fused-ring (bicyclic) bond motifs is 4. The van der Waals surface area contributed by atoms with Crippen LogP contribution >= 0.6 is 23.5 Å². The number of hydrogen-bond acceptors (Lipinski definition) is 9. The lowest BCUT2D eigenvalue weighted by Gasteiger charge is -2.22. The Morgan fingerprint density at radius 2 is 1.13 bits per heavy atom. The highest BCUT2D eigenvalue weighted by Gasteiger charge is 2.19. The minimum Gasteiger partial charge on any atom is -0.423 e. The fraction of sp³-hybridized carbons (Fsp3) is 0.0851. The maximum absolute atomic E-state index is 13.1. The third kappa shape index (κ3) is 10.9. The Balaban J connectivity index is 0.000000152. The molecule has 8 nitrogen and oxygen atoms in total. The molecule has 61 heavy (non-hydrogen) atoms. The van der Waals surface area contributed by atoms with Gasteiger partial charge in [0.2, 0.25) is 0 Å². The first-order chi connectivity index (χ1) is 29.3. The van der Waals surface area contributed by atoms with Gasteiger partial charge >= 0.3 is 7.12 Å². The van der Waals surface area contributed by atoms with Crippen molar-refractivity contribution in [2.24, 2.45) is 5.10 Å². The van der Waals surface area contributed by atoms with Crippen molar-refractivity contribution in [1.82, 2.24) is 4.83 Å². The Bertz CT molecular complexity index is 2790. The second-order valence-corrected chi connectivity index (χ2v) is 18.0. The lowest BCUT2D eigenvalue weighted by molar-refractivity contribution is 0.425. The average molecular weight is 871 g/mol. The zero-order valence-corrected chi connectivity index (χ0v) is 35.8. The predicted molar refractivity (Wildman–Crippen MR) is 244 cm³/mol. The Kier molecular flexibility index (Phi) is 13.6. The monoisotopic (exact) mass is 870 g/mol. The van der Waals surface area contributed by atoms with E-state index < -0.39 is 17.1 Å². The van der Waals surface area contributed by atoms with Crippen LogP contribution in [-0.4, -0.2) is 31.3 Å².